The summed E-state index contributed by atoms with van der Waals surface area (Å²) in [6.07, 6.45) is 0. The second kappa shape index (κ2) is 8.54. The third-order valence-electron chi connectivity index (χ3n) is 5.00. The van der Waals surface area contributed by atoms with Crippen molar-refractivity contribution in [2.45, 2.75) is 17.5 Å². The highest BCUT2D eigenvalue weighted by Gasteiger charge is 2.20. The van der Waals surface area contributed by atoms with Gasteiger partial charge < -0.3 is 9.47 Å². The molecule has 0 fully saturated rings. The first kappa shape index (κ1) is 20.9. The van der Waals surface area contributed by atoms with Crippen LogP contribution < -0.4 is 10.3 Å². The van der Waals surface area contributed by atoms with Crippen molar-refractivity contribution in [2.75, 3.05) is 6.79 Å². The Morgan fingerprint density at radius 3 is 2.81 bits per heavy atom. The number of thioether (sulfide) groups is 1. The Morgan fingerprint density at radius 1 is 1.12 bits per heavy atom. The van der Waals surface area contributed by atoms with Crippen molar-refractivity contribution in [3.8, 4) is 11.4 Å². The minimum atomic E-state index is -0.855. The van der Waals surface area contributed by atoms with Crippen LogP contribution in [0.1, 0.15) is 11.1 Å². The van der Waals surface area contributed by atoms with Gasteiger partial charge >= 0.3 is 0 Å². The van der Waals surface area contributed by atoms with E-state index in [9.17, 15) is 13.6 Å². The topological polar surface area (TPSA) is 53.4 Å². The molecule has 0 bridgehead atoms. The number of halogens is 3. The Balaban J connectivity index is 1.63. The molecule has 0 aliphatic carbocycles. The third-order valence-corrected chi connectivity index (χ3v) is 6.21. The molecule has 0 radical (unpaired) electrons. The average Bonchev–Trinajstić information content (AvgIpc) is 2.78. The predicted molar refractivity (Wildman–Crippen MR) is 119 cm³/mol. The highest BCUT2D eigenvalue weighted by Crippen LogP contribution is 2.35. The van der Waals surface area contributed by atoms with Crippen molar-refractivity contribution >= 4 is 34.3 Å². The van der Waals surface area contributed by atoms with Crippen molar-refractivity contribution < 1.29 is 18.3 Å². The van der Waals surface area contributed by atoms with Gasteiger partial charge in [0.1, 0.15) is 17.4 Å². The molecule has 32 heavy (non-hydrogen) atoms. The lowest BCUT2D eigenvalue weighted by Gasteiger charge is -2.21. The molecule has 3 aromatic carbocycles. The molecule has 0 amide bonds. The van der Waals surface area contributed by atoms with Crippen LogP contribution in [-0.2, 0) is 17.1 Å². The van der Waals surface area contributed by atoms with Crippen LogP contribution in [0.25, 0.3) is 16.6 Å². The number of hydrogen-bond acceptors (Lipinski definition) is 5. The molecule has 0 saturated carbocycles. The van der Waals surface area contributed by atoms with E-state index in [0.717, 1.165) is 23.3 Å². The van der Waals surface area contributed by atoms with Crippen LogP contribution in [-0.4, -0.2) is 16.3 Å². The van der Waals surface area contributed by atoms with E-state index in [-0.39, 0.29) is 17.6 Å². The molecule has 2 heterocycles. The zero-order valence-corrected chi connectivity index (χ0v) is 18.1. The van der Waals surface area contributed by atoms with Gasteiger partial charge in [-0.2, -0.15) is 0 Å². The maximum absolute atomic E-state index is 14.6. The quantitative estimate of drug-likeness (QED) is 0.291. The second-order valence-electron chi connectivity index (χ2n) is 7.10. The molecule has 4 aromatic rings. The first-order valence-corrected chi connectivity index (χ1v) is 11.0. The Labute approximate surface area is 190 Å². The van der Waals surface area contributed by atoms with E-state index in [1.165, 1.54) is 22.4 Å². The Morgan fingerprint density at radius 2 is 1.97 bits per heavy atom. The zero-order chi connectivity index (χ0) is 22.2. The van der Waals surface area contributed by atoms with E-state index in [2.05, 4.69) is 4.98 Å². The lowest BCUT2D eigenvalue weighted by Crippen LogP contribution is -2.22. The van der Waals surface area contributed by atoms with Crippen molar-refractivity contribution in [3.05, 3.63) is 92.7 Å². The summed E-state index contributed by atoms with van der Waals surface area (Å²) < 4.78 is 40.3. The van der Waals surface area contributed by atoms with E-state index >= 15 is 0 Å². The van der Waals surface area contributed by atoms with Gasteiger partial charge in [-0.05, 0) is 36.4 Å². The molecule has 1 aliphatic heterocycles. The second-order valence-corrected chi connectivity index (χ2v) is 8.48. The molecule has 5 rings (SSSR count). The molecular weight excluding hydrogens is 458 g/mol. The number of fused-ring (bicyclic) bond motifs is 2. The Kier molecular flexibility index (Phi) is 5.58. The van der Waals surface area contributed by atoms with Crippen LogP contribution in [0.5, 0.6) is 5.75 Å². The van der Waals surface area contributed by atoms with Crippen molar-refractivity contribution in [1.29, 1.82) is 0 Å². The number of benzene rings is 3. The molecule has 0 saturated heterocycles. The van der Waals surface area contributed by atoms with Gasteiger partial charge in [-0.25, -0.2) is 13.8 Å². The summed E-state index contributed by atoms with van der Waals surface area (Å²) in [5, 5.41) is 1.13. The lowest BCUT2D eigenvalue weighted by molar-refractivity contribution is -0.0168. The van der Waals surface area contributed by atoms with Crippen molar-refractivity contribution in [3.63, 3.8) is 0 Å². The van der Waals surface area contributed by atoms with Gasteiger partial charge in [-0.15, -0.1) is 0 Å². The van der Waals surface area contributed by atoms with E-state index in [1.54, 1.807) is 36.4 Å². The van der Waals surface area contributed by atoms with Crippen molar-refractivity contribution in [2.24, 2.45) is 0 Å². The summed E-state index contributed by atoms with van der Waals surface area (Å²) in [4.78, 5) is 17.9. The fourth-order valence-electron chi connectivity index (χ4n) is 3.59. The van der Waals surface area contributed by atoms with Gasteiger partial charge in [-0.1, -0.05) is 35.5 Å². The number of hydrogen-bond donors (Lipinski definition) is 0. The number of para-hydroxylation sites is 1. The van der Waals surface area contributed by atoms with Crippen LogP contribution in [0.4, 0.5) is 8.78 Å². The first-order chi connectivity index (χ1) is 15.5. The van der Waals surface area contributed by atoms with Gasteiger partial charge in [-0.3, -0.25) is 9.36 Å². The molecule has 0 unspecified atom stereocenters. The first-order valence-electron chi connectivity index (χ1n) is 9.63. The Bertz CT molecular complexity index is 1410. The maximum Gasteiger partial charge on any atom is 0.266 e. The molecule has 162 valence electrons. The van der Waals surface area contributed by atoms with Gasteiger partial charge in [0.25, 0.3) is 5.56 Å². The normalized spacial score (nSPS) is 13.1. The van der Waals surface area contributed by atoms with E-state index in [0.29, 0.717) is 34.0 Å². The number of aromatic nitrogens is 2. The number of rotatable bonds is 4. The molecule has 1 aromatic heterocycles. The molecule has 9 heteroatoms. The van der Waals surface area contributed by atoms with Crippen LogP contribution in [0.2, 0.25) is 5.02 Å². The number of ether oxygens (including phenoxy) is 2. The van der Waals surface area contributed by atoms with E-state index in [4.69, 9.17) is 21.1 Å². The molecule has 0 atom stereocenters. The predicted octanol–water partition coefficient (Wildman–Crippen LogP) is 5.48. The monoisotopic (exact) mass is 472 g/mol. The van der Waals surface area contributed by atoms with E-state index < -0.39 is 17.2 Å². The number of nitrogens with zero attached hydrogens (tertiary/aromatic N) is 2. The van der Waals surface area contributed by atoms with Crippen LogP contribution in [0, 0.1) is 11.6 Å². The largest absolute Gasteiger partial charge is 0.467 e. The van der Waals surface area contributed by atoms with Crippen molar-refractivity contribution in [1.82, 2.24) is 9.55 Å². The average molecular weight is 473 g/mol. The summed E-state index contributed by atoms with van der Waals surface area (Å²) in [5.41, 5.74) is 1.59. The fourth-order valence-corrected chi connectivity index (χ4v) is 4.83. The summed E-state index contributed by atoms with van der Waals surface area (Å²) in [6.45, 7) is 0.513. The van der Waals surface area contributed by atoms with Gasteiger partial charge in [0.2, 0.25) is 0 Å². The van der Waals surface area contributed by atoms with Gasteiger partial charge in [0.15, 0.2) is 11.9 Å². The molecule has 0 N–H and O–H groups in total. The molecular formula is C23H15ClF2N2O3S. The fraction of sp³-hybridized carbons (Fsp3) is 0.130. The minimum Gasteiger partial charge on any atom is -0.467 e. The maximum atomic E-state index is 14.6. The minimum absolute atomic E-state index is 0.0741. The SMILES string of the molecule is O=c1c2ccccc2nc(SCc2cc(Cl)cc3c2OCOC3)n1-c1ccc(F)cc1F. The zero-order valence-electron chi connectivity index (χ0n) is 16.5. The standard InChI is InChI=1S/C23H15ClF2N2O3S/c24-15-7-13-10-30-12-31-21(13)14(8-15)11-32-23-27-19-4-2-1-3-17(19)22(29)28(23)20-6-5-16(25)9-18(20)26/h1-9H,10-12H2. The van der Waals surface area contributed by atoms with Crippen LogP contribution in [0.15, 0.2) is 64.5 Å². The summed E-state index contributed by atoms with van der Waals surface area (Å²) in [6, 6.07) is 13.5. The molecule has 5 nitrogen and oxygen atoms in total. The summed E-state index contributed by atoms with van der Waals surface area (Å²) >= 11 is 7.48. The molecule has 1 aliphatic rings. The van der Waals surface area contributed by atoms with Crippen LogP contribution in [0.3, 0.4) is 0 Å². The summed E-state index contributed by atoms with van der Waals surface area (Å²) in [5.74, 6) is -0.550. The Hall–Kier alpha value is -2.94. The highest BCUT2D eigenvalue weighted by molar-refractivity contribution is 7.98. The smallest absolute Gasteiger partial charge is 0.266 e. The highest BCUT2D eigenvalue weighted by atomic mass is 35.5. The molecule has 0 spiro atoms. The third kappa shape index (κ3) is 3.85. The van der Waals surface area contributed by atoms with Gasteiger partial charge in [0, 0.05) is 28.0 Å². The van der Waals surface area contributed by atoms with E-state index in [1.807, 2.05) is 0 Å². The van der Waals surface area contributed by atoms with Gasteiger partial charge in [0.05, 0.1) is 23.2 Å². The lowest BCUT2D eigenvalue weighted by atomic mass is 10.1. The van der Waals surface area contributed by atoms with Crippen LogP contribution >= 0.6 is 23.4 Å². The summed E-state index contributed by atoms with van der Waals surface area (Å²) in [7, 11) is 0.